The Morgan fingerprint density at radius 2 is 1.48 bits per heavy atom. The number of hydrogen-bond donors (Lipinski definition) is 1. The van der Waals surface area contributed by atoms with Crippen LogP contribution >= 0.6 is 0 Å². The van der Waals surface area contributed by atoms with Crippen molar-refractivity contribution in [2.45, 2.75) is 54.2 Å². The zero-order valence-electron chi connectivity index (χ0n) is 21.0. The highest BCUT2D eigenvalue weighted by molar-refractivity contribution is 5.76. The maximum Gasteiger partial charge on any atom is 0.325 e. The number of nitrogens with zero attached hydrogens (tertiary/aromatic N) is 1. The van der Waals surface area contributed by atoms with Crippen molar-refractivity contribution in [2.24, 2.45) is 0 Å². The summed E-state index contributed by atoms with van der Waals surface area (Å²) < 4.78 is 4.93. The Labute approximate surface area is 198 Å². The lowest BCUT2D eigenvalue weighted by Gasteiger charge is -2.27. The van der Waals surface area contributed by atoms with Gasteiger partial charge in [-0.1, -0.05) is 68.4 Å². The molecule has 0 amide bonds. The van der Waals surface area contributed by atoms with Crippen molar-refractivity contribution in [3.8, 4) is 0 Å². The minimum Gasteiger partial charge on any atom is -0.468 e. The number of esters is 1. The molecule has 4 nitrogen and oxygen atoms in total. The molecule has 0 fully saturated rings. The highest BCUT2D eigenvalue weighted by Gasteiger charge is 2.20. The Balaban J connectivity index is 0.00000187. The molecule has 0 aliphatic carbocycles. The number of aryl methyl sites for hydroxylation is 3. The summed E-state index contributed by atoms with van der Waals surface area (Å²) in [7, 11) is 1.40. The first kappa shape index (κ1) is 26.1. The molecule has 1 atom stereocenters. The molecule has 0 aliphatic rings. The van der Waals surface area contributed by atoms with E-state index < -0.39 is 6.10 Å². The number of carbonyl (C=O) groups excluding carboxylic acids is 1. The molecule has 0 radical (unpaired) electrons. The van der Waals surface area contributed by atoms with Crippen molar-refractivity contribution in [2.75, 3.05) is 18.6 Å². The van der Waals surface area contributed by atoms with Crippen molar-refractivity contribution >= 4 is 11.7 Å². The van der Waals surface area contributed by atoms with E-state index >= 15 is 0 Å². The Kier molecular flexibility index (Phi) is 9.68. The molecule has 0 saturated heterocycles. The fraction of sp³-hybridized carbons (Fsp3) is 0.345. The number of anilines is 1. The molecule has 1 unspecified atom stereocenters. The smallest absolute Gasteiger partial charge is 0.325 e. The van der Waals surface area contributed by atoms with Gasteiger partial charge in [-0.05, 0) is 72.7 Å². The van der Waals surface area contributed by atoms with E-state index in [1.54, 1.807) is 0 Å². The molecular weight excluding hydrogens is 410 g/mol. The predicted molar refractivity (Wildman–Crippen MR) is 137 cm³/mol. The van der Waals surface area contributed by atoms with Crippen LogP contribution in [0.25, 0.3) is 0 Å². The van der Waals surface area contributed by atoms with Gasteiger partial charge in [-0.3, -0.25) is 4.79 Å². The van der Waals surface area contributed by atoms with Crippen LogP contribution in [0.1, 0.15) is 58.9 Å². The van der Waals surface area contributed by atoms with Gasteiger partial charge in [-0.25, -0.2) is 0 Å². The van der Waals surface area contributed by atoms with Gasteiger partial charge in [0.15, 0.2) is 0 Å². The van der Waals surface area contributed by atoms with E-state index in [2.05, 4.69) is 32.9 Å². The average Bonchev–Trinajstić information content (AvgIpc) is 2.83. The van der Waals surface area contributed by atoms with Crippen molar-refractivity contribution < 1.29 is 14.6 Å². The van der Waals surface area contributed by atoms with Crippen LogP contribution in [0, 0.1) is 27.7 Å². The predicted octanol–water partition coefficient (Wildman–Crippen LogP) is 6.21. The van der Waals surface area contributed by atoms with Gasteiger partial charge in [-0.2, -0.15) is 0 Å². The Bertz CT molecular complexity index is 1050. The van der Waals surface area contributed by atoms with E-state index in [1.807, 2.05) is 74.2 Å². The van der Waals surface area contributed by atoms with Gasteiger partial charge in [0.2, 0.25) is 0 Å². The van der Waals surface area contributed by atoms with E-state index in [9.17, 15) is 9.90 Å². The van der Waals surface area contributed by atoms with Crippen LogP contribution in [0.2, 0.25) is 0 Å². The van der Waals surface area contributed by atoms with E-state index in [0.29, 0.717) is 6.54 Å². The third-order valence-electron chi connectivity index (χ3n) is 5.98. The van der Waals surface area contributed by atoms with Crippen molar-refractivity contribution in [1.29, 1.82) is 0 Å². The summed E-state index contributed by atoms with van der Waals surface area (Å²) >= 11 is 0. The maximum absolute atomic E-state index is 12.1. The van der Waals surface area contributed by atoms with Crippen LogP contribution in [0.5, 0.6) is 0 Å². The van der Waals surface area contributed by atoms with Gasteiger partial charge >= 0.3 is 5.97 Å². The molecule has 0 aliphatic heterocycles. The number of para-hydroxylation sites is 1. The van der Waals surface area contributed by atoms with E-state index in [-0.39, 0.29) is 12.5 Å². The van der Waals surface area contributed by atoms with E-state index in [0.717, 1.165) is 27.9 Å². The fourth-order valence-electron chi connectivity index (χ4n) is 3.92. The van der Waals surface area contributed by atoms with Gasteiger partial charge in [0, 0.05) is 12.2 Å². The number of carbonyl (C=O) groups is 1. The number of aliphatic hydroxyl groups is 1. The summed E-state index contributed by atoms with van der Waals surface area (Å²) in [5.74, 6) is -0.300. The van der Waals surface area contributed by atoms with Crippen LogP contribution in [0.3, 0.4) is 0 Å². The summed E-state index contributed by atoms with van der Waals surface area (Å²) in [6.07, 6.45) is -0.744. The second-order valence-electron chi connectivity index (χ2n) is 8.10. The van der Waals surface area contributed by atoms with Gasteiger partial charge in [0.25, 0.3) is 0 Å². The molecule has 3 aromatic rings. The summed E-state index contributed by atoms with van der Waals surface area (Å²) in [6, 6.07) is 19.9. The second-order valence-corrected chi connectivity index (χ2v) is 8.10. The van der Waals surface area contributed by atoms with Gasteiger partial charge in [-0.15, -0.1) is 0 Å². The van der Waals surface area contributed by atoms with Crippen LogP contribution < -0.4 is 4.90 Å². The fourth-order valence-corrected chi connectivity index (χ4v) is 3.92. The highest BCUT2D eigenvalue weighted by atomic mass is 16.5. The number of aliphatic hydroxyl groups excluding tert-OH is 1. The quantitative estimate of drug-likeness (QED) is 0.438. The van der Waals surface area contributed by atoms with Gasteiger partial charge in [0.05, 0.1) is 7.11 Å². The molecule has 176 valence electrons. The van der Waals surface area contributed by atoms with Crippen LogP contribution in [-0.4, -0.2) is 24.7 Å². The summed E-state index contributed by atoms with van der Waals surface area (Å²) in [6.45, 7) is 12.9. The molecule has 0 aromatic heterocycles. The standard InChI is InChI=1S/C27H31NO3.C2H6/c1-18-10-6-9-13-25(18)28(17-26(29)31-5)16-22-11-7-8-12-24(22)27(30)23-14-19(2)21(4)20(3)15-23;1-2/h6-15,27,30H,16-17H2,1-5H3;1-2H3. The molecular formula is C29H37NO3. The first-order chi connectivity index (χ1) is 15.8. The lowest BCUT2D eigenvalue weighted by molar-refractivity contribution is -0.139. The van der Waals surface area contributed by atoms with Crippen LogP contribution in [-0.2, 0) is 16.1 Å². The summed E-state index contributed by atoms with van der Waals surface area (Å²) in [5.41, 5.74) is 8.31. The zero-order chi connectivity index (χ0) is 24.5. The number of ether oxygens (including phenoxy) is 1. The molecule has 0 heterocycles. The van der Waals surface area contributed by atoms with E-state index in [4.69, 9.17) is 4.74 Å². The number of hydrogen-bond acceptors (Lipinski definition) is 4. The Hall–Kier alpha value is -3.11. The monoisotopic (exact) mass is 447 g/mol. The lowest BCUT2D eigenvalue weighted by Crippen LogP contribution is -2.31. The summed E-state index contributed by atoms with van der Waals surface area (Å²) in [5, 5.41) is 11.3. The minimum atomic E-state index is -0.744. The molecule has 0 saturated carbocycles. The lowest BCUT2D eigenvalue weighted by atomic mass is 9.92. The maximum atomic E-state index is 12.1. The number of rotatable bonds is 7. The van der Waals surface area contributed by atoms with Crippen LogP contribution in [0.15, 0.2) is 60.7 Å². The molecule has 4 heteroatoms. The SMILES string of the molecule is CC.COC(=O)CN(Cc1ccccc1C(O)c1cc(C)c(C)c(C)c1)c1ccccc1C. The van der Waals surface area contributed by atoms with E-state index in [1.165, 1.54) is 23.8 Å². The second kappa shape index (κ2) is 12.2. The Morgan fingerprint density at radius 1 is 0.909 bits per heavy atom. The normalized spacial score (nSPS) is 11.3. The topological polar surface area (TPSA) is 49.8 Å². The summed E-state index contributed by atoms with van der Waals surface area (Å²) in [4.78, 5) is 14.1. The van der Waals surface area contributed by atoms with Gasteiger partial charge in [0.1, 0.15) is 12.6 Å². The minimum absolute atomic E-state index is 0.133. The van der Waals surface area contributed by atoms with Gasteiger partial charge < -0.3 is 14.7 Å². The van der Waals surface area contributed by atoms with Crippen molar-refractivity contribution in [3.63, 3.8) is 0 Å². The molecule has 33 heavy (non-hydrogen) atoms. The number of methoxy groups -OCH3 is 1. The van der Waals surface area contributed by atoms with Crippen molar-refractivity contribution in [3.05, 3.63) is 99.6 Å². The molecule has 3 aromatic carbocycles. The molecule has 3 rings (SSSR count). The highest BCUT2D eigenvalue weighted by Crippen LogP contribution is 2.30. The first-order valence-corrected chi connectivity index (χ1v) is 11.5. The Morgan fingerprint density at radius 3 is 2.09 bits per heavy atom. The average molecular weight is 448 g/mol. The first-order valence-electron chi connectivity index (χ1n) is 11.5. The molecule has 0 bridgehead atoms. The zero-order valence-corrected chi connectivity index (χ0v) is 21.0. The third kappa shape index (κ3) is 6.45. The third-order valence-corrected chi connectivity index (χ3v) is 5.98. The molecule has 0 spiro atoms. The number of benzene rings is 3. The van der Waals surface area contributed by atoms with Crippen LogP contribution in [0.4, 0.5) is 5.69 Å². The largest absolute Gasteiger partial charge is 0.468 e. The molecule has 1 N–H and O–H groups in total. The van der Waals surface area contributed by atoms with Crippen molar-refractivity contribution in [1.82, 2.24) is 0 Å².